The van der Waals surface area contributed by atoms with Crippen LogP contribution in [0.4, 0.5) is 8.78 Å². The fourth-order valence-electron chi connectivity index (χ4n) is 1.67. The molecule has 0 aliphatic heterocycles. The number of benzene rings is 1. The topological polar surface area (TPSA) is 32.3 Å². The lowest BCUT2D eigenvalue weighted by molar-refractivity contribution is 0.395. The lowest BCUT2D eigenvalue weighted by Crippen LogP contribution is -2.15. The zero-order valence-electron chi connectivity index (χ0n) is 8.97. The molecule has 1 fully saturated rings. The number of nitrogens with one attached hydrogen (secondary N) is 1. The average Bonchev–Trinajstić information content (AvgIpc) is 3.04. The second-order valence-corrected chi connectivity index (χ2v) is 4.32. The molecule has 2 N–H and O–H groups in total. The summed E-state index contributed by atoms with van der Waals surface area (Å²) >= 11 is 0. The van der Waals surface area contributed by atoms with E-state index < -0.39 is 17.4 Å². The molecule has 1 aromatic rings. The summed E-state index contributed by atoms with van der Waals surface area (Å²) in [5.74, 6) is -1.86. The van der Waals surface area contributed by atoms with Crippen molar-refractivity contribution in [3.05, 3.63) is 29.3 Å². The van der Waals surface area contributed by atoms with Crippen LogP contribution in [0.1, 0.15) is 24.8 Å². The average molecular weight is 227 g/mol. The SMILES string of the molecule is Oc1c(F)cc(CNCCC2CC2)cc1F. The van der Waals surface area contributed by atoms with Gasteiger partial charge in [-0.05, 0) is 36.6 Å². The van der Waals surface area contributed by atoms with Crippen LogP contribution in [0.15, 0.2) is 12.1 Å². The Morgan fingerprint density at radius 2 is 1.88 bits per heavy atom. The van der Waals surface area contributed by atoms with Gasteiger partial charge in [-0.25, -0.2) is 8.78 Å². The van der Waals surface area contributed by atoms with E-state index in [2.05, 4.69) is 5.32 Å². The summed E-state index contributed by atoms with van der Waals surface area (Å²) in [5.41, 5.74) is 0.517. The summed E-state index contributed by atoms with van der Waals surface area (Å²) in [6.45, 7) is 1.30. The van der Waals surface area contributed by atoms with Crippen LogP contribution < -0.4 is 5.32 Å². The molecule has 0 aromatic heterocycles. The van der Waals surface area contributed by atoms with Gasteiger partial charge in [0.1, 0.15) is 0 Å². The van der Waals surface area contributed by atoms with E-state index in [4.69, 9.17) is 5.11 Å². The summed E-state index contributed by atoms with van der Waals surface area (Å²) in [4.78, 5) is 0. The lowest BCUT2D eigenvalue weighted by atomic mass is 10.2. The zero-order valence-corrected chi connectivity index (χ0v) is 8.97. The van der Waals surface area contributed by atoms with Gasteiger partial charge < -0.3 is 10.4 Å². The lowest BCUT2D eigenvalue weighted by Gasteiger charge is -2.06. The molecule has 0 radical (unpaired) electrons. The first-order valence-electron chi connectivity index (χ1n) is 5.54. The smallest absolute Gasteiger partial charge is 0.187 e. The first-order valence-corrected chi connectivity index (χ1v) is 5.54. The third kappa shape index (κ3) is 2.92. The Bertz CT molecular complexity index is 354. The molecular formula is C12H15F2NO. The second kappa shape index (κ2) is 4.78. The van der Waals surface area contributed by atoms with Gasteiger partial charge in [-0.15, -0.1) is 0 Å². The highest BCUT2D eigenvalue weighted by molar-refractivity contribution is 5.29. The maximum Gasteiger partial charge on any atom is 0.187 e. The van der Waals surface area contributed by atoms with Crippen LogP contribution in [0.5, 0.6) is 5.75 Å². The van der Waals surface area contributed by atoms with Crippen molar-refractivity contribution in [3.63, 3.8) is 0 Å². The van der Waals surface area contributed by atoms with E-state index in [1.807, 2.05) is 0 Å². The van der Waals surface area contributed by atoms with Crippen LogP contribution in [0.25, 0.3) is 0 Å². The Labute approximate surface area is 93.3 Å². The number of phenols is 1. The van der Waals surface area contributed by atoms with Gasteiger partial charge in [-0.3, -0.25) is 0 Å². The van der Waals surface area contributed by atoms with E-state index in [1.165, 1.54) is 12.8 Å². The van der Waals surface area contributed by atoms with Crippen molar-refractivity contribution in [2.75, 3.05) is 6.54 Å². The molecule has 0 bridgehead atoms. The van der Waals surface area contributed by atoms with Gasteiger partial charge >= 0.3 is 0 Å². The molecule has 2 nitrogen and oxygen atoms in total. The zero-order chi connectivity index (χ0) is 11.5. The molecule has 4 heteroatoms. The molecule has 1 aliphatic carbocycles. The standard InChI is InChI=1S/C12H15F2NO/c13-10-5-9(6-11(14)12(10)16)7-15-4-3-8-1-2-8/h5-6,8,15-16H,1-4,7H2. The van der Waals surface area contributed by atoms with Gasteiger partial charge in [0.2, 0.25) is 0 Å². The number of rotatable bonds is 5. The van der Waals surface area contributed by atoms with Gasteiger partial charge in [0.15, 0.2) is 17.4 Å². The minimum Gasteiger partial charge on any atom is -0.503 e. The first kappa shape index (κ1) is 11.3. The number of aromatic hydroxyl groups is 1. The Morgan fingerprint density at radius 1 is 1.25 bits per heavy atom. The van der Waals surface area contributed by atoms with Gasteiger partial charge in [-0.2, -0.15) is 0 Å². The predicted octanol–water partition coefficient (Wildman–Crippen LogP) is 2.56. The molecular weight excluding hydrogens is 212 g/mol. The van der Waals surface area contributed by atoms with Crippen LogP contribution in [0, 0.1) is 17.6 Å². The molecule has 0 unspecified atom stereocenters. The highest BCUT2D eigenvalue weighted by Gasteiger charge is 2.20. The molecule has 2 rings (SSSR count). The monoisotopic (exact) mass is 227 g/mol. The quantitative estimate of drug-likeness (QED) is 0.758. The Hall–Kier alpha value is -1.16. The summed E-state index contributed by atoms with van der Waals surface area (Å²) in [7, 11) is 0. The first-order chi connectivity index (χ1) is 7.66. The molecule has 0 saturated heterocycles. The van der Waals surface area contributed by atoms with Crippen molar-refractivity contribution in [2.45, 2.75) is 25.8 Å². The molecule has 88 valence electrons. The van der Waals surface area contributed by atoms with Crippen LogP contribution in [0.3, 0.4) is 0 Å². The normalized spacial score (nSPS) is 15.4. The van der Waals surface area contributed by atoms with Crippen molar-refractivity contribution < 1.29 is 13.9 Å². The number of hydrogen-bond acceptors (Lipinski definition) is 2. The fourth-order valence-corrected chi connectivity index (χ4v) is 1.67. The van der Waals surface area contributed by atoms with E-state index in [9.17, 15) is 8.78 Å². The van der Waals surface area contributed by atoms with Gasteiger partial charge in [0, 0.05) is 6.54 Å². The summed E-state index contributed by atoms with van der Waals surface area (Å²) in [5, 5.41) is 12.0. The Balaban J connectivity index is 1.83. The predicted molar refractivity (Wildman–Crippen MR) is 57.1 cm³/mol. The van der Waals surface area contributed by atoms with E-state index in [1.54, 1.807) is 0 Å². The molecule has 1 aromatic carbocycles. The van der Waals surface area contributed by atoms with E-state index >= 15 is 0 Å². The number of hydrogen-bond donors (Lipinski definition) is 2. The number of phenolic OH excluding ortho intramolecular Hbond substituents is 1. The van der Waals surface area contributed by atoms with Crippen LogP contribution in [-0.2, 0) is 6.54 Å². The molecule has 16 heavy (non-hydrogen) atoms. The molecule has 1 saturated carbocycles. The van der Waals surface area contributed by atoms with Crippen molar-refractivity contribution in [1.82, 2.24) is 5.32 Å². The van der Waals surface area contributed by atoms with Crippen molar-refractivity contribution in [2.24, 2.45) is 5.92 Å². The highest BCUT2D eigenvalue weighted by atomic mass is 19.1. The highest BCUT2D eigenvalue weighted by Crippen LogP contribution is 2.31. The van der Waals surface area contributed by atoms with Crippen molar-refractivity contribution >= 4 is 0 Å². The third-order valence-corrected chi connectivity index (χ3v) is 2.83. The summed E-state index contributed by atoms with van der Waals surface area (Å²) in [6, 6.07) is 2.31. The maximum atomic E-state index is 13.0. The van der Waals surface area contributed by atoms with Crippen LogP contribution >= 0.6 is 0 Å². The summed E-state index contributed by atoms with van der Waals surface area (Å²) < 4.78 is 25.9. The largest absolute Gasteiger partial charge is 0.503 e. The molecule has 0 amide bonds. The Kier molecular flexibility index (Phi) is 3.39. The molecule has 0 atom stereocenters. The van der Waals surface area contributed by atoms with E-state index in [0.29, 0.717) is 12.1 Å². The Morgan fingerprint density at radius 3 is 2.44 bits per heavy atom. The van der Waals surface area contributed by atoms with E-state index in [-0.39, 0.29) is 0 Å². The minimum absolute atomic E-state index is 0.431. The van der Waals surface area contributed by atoms with E-state index in [0.717, 1.165) is 31.0 Å². The van der Waals surface area contributed by atoms with Gasteiger partial charge in [0.05, 0.1) is 0 Å². The minimum atomic E-state index is -0.904. The maximum absolute atomic E-state index is 13.0. The molecule has 0 spiro atoms. The third-order valence-electron chi connectivity index (χ3n) is 2.83. The fraction of sp³-hybridized carbons (Fsp3) is 0.500. The molecule has 0 heterocycles. The van der Waals surface area contributed by atoms with Crippen molar-refractivity contribution in [3.8, 4) is 5.75 Å². The van der Waals surface area contributed by atoms with Gasteiger partial charge in [0.25, 0.3) is 0 Å². The summed E-state index contributed by atoms with van der Waals surface area (Å²) in [6.07, 6.45) is 3.75. The molecule has 1 aliphatic rings. The second-order valence-electron chi connectivity index (χ2n) is 4.32. The van der Waals surface area contributed by atoms with Gasteiger partial charge in [-0.1, -0.05) is 12.8 Å². The van der Waals surface area contributed by atoms with Crippen molar-refractivity contribution in [1.29, 1.82) is 0 Å². The van der Waals surface area contributed by atoms with Crippen LogP contribution in [0.2, 0.25) is 0 Å². The van der Waals surface area contributed by atoms with Crippen LogP contribution in [-0.4, -0.2) is 11.7 Å². The number of halogens is 2.